The molecule has 4 rings (SSSR count). The topological polar surface area (TPSA) is 110 Å². The van der Waals surface area contributed by atoms with Crippen molar-refractivity contribution in [2.45, 2.75) is 44.9 Å². The van der Waals surface area contributed by atoms with Crippen molar-refractivity contribution < 1.29 is 19.4 Å². The Morgan fingerprint density at radius 1 is 1.14 bits per heavy atom. The summed E-state index contributed by atoms with van der Waals surface area (Å²) in [6, 6.07) is 17.2. The van der Waals surface area contributed by atoms with Crippen LogP contribution >= 0.6 is 0 Å². The second kappa shape index (κ2) is 11.0. The van der Waals surface area contributed by atoms with Crippen LogP contribution in [0.2, 0.25) is 0 Å². The van der Waals surface area contributed by atoms with Crippen molar-refractivity contribution in [3.05, 3.63) is 65.9 Å². The largest absolute Gasteiger partial charge is 0.490 e. The molecule has 35 heavy (non-hydrogen) atoms. The smallest absolute Gasteiger partial charge is 0.317 e. The molecule has 2 amide bonds. The third-order valence-electron chi connectivity index (χ3n) is 6.37. The summed E-state index contributed by atoms with van der Waals surface area (Å²) in [5.74, 6) is -0.384. The number of aliphatic carboxylic acids is 1. The van der Waals surface area contributed by atoms with Crippen molar-refractivity contribution in [3.8, 4) is 17.0 Å². The van der Waals surface area contributed by atoms with Crippen molar-refractivity contribution in [1.82, 2.24) is 25.2 Å². The lowest BCUT2D eigenvalue weighted by atomic mass is 9.87. The lowest BCUT2D eigenvalue weighted by Gasteiger charge is -2.27. The van der Waals surface area contributed by atoms with Gasteiger partial charge < -0.3 is 20.1 Å². The van der Waals surface area contributed by atoms with Crippen LogP contribution in [0.3, 0.4) is 0 Å². The molecule has 2 N–H and O–H groups in total. The Balaban J connectivity index is 1.37. The summed E-state index contributed by atoms with van der Waals surface area (Å²) in [6.07, 6.45) is 2.87. The maximum Gasteiger partial charge on any atom is 0.317 e. The molecule has 0 spiro atoms. The molecule has 2 aromatic carbocycles. The van der Waals surface area contributed by atoms with E-state index in [0.29, 0.717) is 30.8 Å². The first-order valence-corrected chi connectivity index (χ1v) is 11.8. The summed E-state index contributed by atoms with van der Waals surface area (Å²) in [5, 5.41) is 20.7. The number of amides is 2. The Morgan fingerprint density at radius 3 is 2.60 bits per heavy atom. The monoisotopic (exact) mass is 477 g/mol. The zero-order valence-electron chi connectivity index (χ0n) is 20.1. The van der Waals surface area contributed by atoms with Crippen LogP contribution in [0.1, 0.15) is 36.9 Å². The second-order valence-electron chi connectivity index (χ2n) is 8.97. The van der Waals surface area contributed by atoms with E-state index in [1.807, 2.05) is 54.6 Å². The summed E-state index contributed by atoms with van der Waals surface area (Å²) in [5.41, 5.74) is 3.40. The van der Waals surface area contributed by atoms with E-state index in [-0.39, 0.29) is 24.6 Å². The maximum atomic E-state index is 12.6. The van der Waals surface area contributed by atoms with Crippen LogP contribution in [0.15, 0.2) is 54.6 Å². The summed E-state index contributed by atoms with van der Waals surface area (Å²) < 4.78 is 7.71. The van der Waals surface area contributed by atoms with E-state index in [2.05, 4.69) is 15.6 Å². The van der Waals surface area contributed by atoms with Crippen molar-refractivity contribution in [2.24, 2.45) is 13.0 Å². The molecule has 2 atom stereocenters. The van der Waals surface area contributed by atoms with Crippen LogP contribution in [0.5, 0.6) is 5.75 Å². The molecular weight excluding hydrogens is 446 g/mol. The van der Waals surface area contributed by atoms with Crippen LogP contribution in [0, 0.1) is 5.92 Å². The fraction of sp³-hybridized carbons (Fsp3) is 0.385. The van der Waals surface area contributed by atoms with E-state index >= 15 is 0 Å². The van der Waals surface area contributed by atoms with Crippen LogP contribution in [0.25, 0.3) is 11.3 Å². The lowest BCUT2D eigenvalue weighted by molar-refractivity contribution is -0.143. The van der Waals surface area contributed by atoms with Gasteiger partial charge in [0, 0.05) is 26.2 Å². The van der Waals surface area contributed by atoms with Gasteiger partial charge >= 0.3 is 12.0 Å². The van der Waals surface area contributed by atoms with Crippen LogP contribution in [-0.4, -0.2) is 50.2 Å². The minimum Gasteiger partial charge on any atom is -0.490 e. The number of aromatic nitrogens is 3. The standard InChI is InChI=1S/C26H31N5O4/c1-30(17-18-7-4-3-5-8-18)26(34)27-16-23-24(28-29-31(23)2)19-11-13-21(14-12-19)35-22-10-6-9-20(15-22)25(32)33/h3-5,7-8,11-14,20,22H,6,9-10,15-17H2,1-2H3,(H,27,34)(H,32,33)/t20-,22-/m0/s1. The first-order chi connectivity index (χ1) is 16.9. The number of carboxylic acids is 1. The van der Waals surface area contributed by atoms with Crippen molar-refractivity contribution in [1.29, 1.82) is 0 Å². The van der Waals surface area contributed by atoms with Gasteiger partial charge in [-0.05, 0) is 55.5 Å². The van der Waals surface area contributed by atoms with Gasteiger partial charge in [-0.1, -0.05) is 35.5 Å². The molecular formula is C26H31N5O4. The van der Waals surface area contributed by atoms with Crippen LogP contribution < -0.4 is 10.1 Å². The molecule has 9 nitrogen and oxygen atoms in total. The fourth-order valence-electron chi connectivity index (χ4n) is 4.38. The fourth-order valence-corrected chi connectivity index (χ4v) is 4.38. The molecule has 3 aromatic rings. The van der Waals surface area contributed by atoms with Gasteiger partial charge in [-0.2, -0.15) is 0 Å². The first-order valence-electron chi connectivity index (χ1n) is 11.8. The van der Waals surface area contributed by atoms with Gasteiger partial charge in [0.25, 0.3) is 0 Å². The number of ether oxygens (including phenoxy) is 1. The highest BCUT2D eigenvalue weighted by Crippen LogP contribution is 2.29. The van der Waals surface area contributed by atoms with Crippen LogP contribution in [-0.2, 0) is 24.9 Å². The number of urea groups is 1. The Morgan fingerprint density at radius 2 is 1.89 bits per heavy atom. The molecule has 0 saturated heterocycles. The Bertz CT molecular complexity index is 1150. The summed E-state index contributed by atoms with van der Waals surface area (Å²) in [7, 11) is 3.56. The van der Waals surface area contributed by atoms with Gasteiger partial charge in [-0.15, -0.1) is 5.10 Å². The minimum atomic E-state index is -0.748. The van der Waals surface area contributed by atoms with E-state index < -0.39 is 5.97 Å². The predicted octanol–water partition coefficient (Wildman–Crippen LogP) is 3.85. The first kappa shape index (κ1) is 24.3. The molecule has 1 aliphatic rings. The molecule has 1 aliphatic carbocycles. The normalized spacial score (nSPS) is 17.5. The highest BCUT2D eigenvalue weighted by molar-refractivity contribution is 5.74. The molecule has 1 heterocycles. The van der Waals surface area contributed by atoms with Gasteiger partial charge in [-0.25, -0.2) is 9.48 Å². The summed E-state index contributed by atoms with van der Waals surface area (Å²) >= 11 is 0. The SMILES string of the molecule is CN(Cc1ccccc1)C(=O)NCc1c(-c2ccc(O[C@H]3CCC[C@H](C(=O)O)C3)cc2)nnn1C. The van der Waals surface area contributed by atoms with E-state index in [1.54, 1.807) is 23.7 Å². The lowest BCUT2D eigenvalue weighted by Crippen LogP contribution is -2.36. The average Bonchev–Trinajstić information content (AvgIpc) is 3.23. The van der Waals surface area contributed by atoms with E-state index in [9.17, 15) is 14.7 Å². The molecule has 1 saturated carbocycles. The van der Waals surface area contributed by atoms with Crippen LogP contribution in [0.4, 0.5) is 4.79 Å². The minimum absolute atomic E-state index is 0.0918. The maximum absolute atomic E-state index is 12.6. The third kappa shape index (κ3) is 6.17. The van der Waals surface area contributed by atoms with Crippen molar-refractivity contribution >= 4 is 12.0 Å². The number of nitrogens with one attached hydrogen (secondary N) is 1. The Kier molecular flexibility index (Phi) is 7.64. The number of carboxylic acid groups (broad SMARTS) is 1. The highest BCUT2D eigenvalue weighted by atomic mass is 16.5. The number of aryl methyl sites for hydroxylation is 1. The zero-order chi connectivity index (χ0) is 24.8. The summed E-state index contributed by atoms with van der Waals surface area (Å²) in [4.78, 5) is 25.5. The molecule has 0 radical (unpaired) electrons. The Hall–Kier alpha value is -3.88. The van der Waals surface area contributed by atoms with Gasteiger partial charge in [0.05, 0.1) is 24.3 Å². The number of nitrogens with zero attached hydrogens (tertiary/aromatic N) is 4. The van der Waals surface area contributed by atoms with E-state index in [4.69, 9.17) is 4.74 Å². The second-order valence-corrected chi connectivity index (χ2v) is 8.97. The average molecular weight is 478 g/mol. The van der Waals surface area contributed by atoms with Gasteiger partial charge in [0.1, 0.15) is 11.4 Å². The molecule has 184 valence electrons. The molecule has 1 fully saturated rings. The molecule has 0 unspecified atom stereocenters. The molecule has 1 aromatic heterocycles. The van der Waals surface area contributed by atoms with Crippen molar-refractivity contribution in [2.75, 3.05) is 7.05 Å². The number of benzene rings is 2. The predicted molar refractivity (Wildman–Crippen MR) is 131 cm³/mol. The number of carbonyl (C=O) groups is 2. The van der Waals surface area contributed by atoms with Gasteiger partial charge in [0.15, 0.2) is 0 Å². The van der Waals surface area contributed by atoms with Crippen molar-refractivity contribution in [3.63, 3.8) is 0 Å². The zero-order valence-corrected chi connectivity index (χ0v) is 20.1. The Labute approximate surface area is 204 Å². The number of rotatable bonds is 8. The third-order valence-corrected chi connectivity index (χ3v) is 6.37. The highest BCUT2D eigenvalue weighted by Gasteiger charge is 2.28. The van der Waals surface area contributed by atoms with E-state index in [0.717, 1.165) is 29.7 Å². The summed E-state index contributed by atoms with van der Waals surface area (Å²) in [6.45, 7) is 0.798. The van der Waals surface area contributed by atoms with E-state index in [1.165, 1.54) is 0 Å². The molecule has 0 bridgehead atoms. The number of hydrogen-bond acceptors (Lipinski definition) is 5. The molecule has 0 aliphatic heterocycles. The molecule has 9 heteroatoms. The van der Waals surface area contributed by atoms with Gasteiger partial charge in [0.2, 0.25) is 0 Å². The van der Waals surface area contributed by atoms with Gasteiger partial charge in [-0.3, -0.25) is 4.79 Å². The number of carbonyl (C=O) groups excluding carboxylic acids is 1. The quantitative estimate of drug-likeness (QED) is 0.510. The number of hydrogen-bond donors (Lipinski definition) is 2.